The Morgan fingerprint density at radius 1 is 1.30 bits per heavy atom. The van der Waals surface area contributed by atoms with E-state index in [4.69, 9.17) is 0 Å². The number of nitrogens with zero attached hydrogens (tertiary/aromatic N) is 3. The van der Waals surface area contributed by atoms with Crippen LogP contribution < -0.4 is 10.6 Å². The second-order valence-electron chi connectivity index (χ2n) is 6.43. The smallest absolute Gasteiger partial charge is 0.255 e. The summed E-state index contributed by atoms with van der Waals surface area (Å²) in [5, 5.41) is 6.92. The molecule has 0 aliphatic rings. The Balaban J connectivity index is 1.85. The summed E-state index contributed by atoms with van der Waals surface area (Å²) in [6.07, 6.45) is 3.39. The van der Waals surface area contributed by atoms with Crippen LogP contribution in [0.25, 0.3) is 22.4 Å². The van der Waals surface area contributed by atoms with Gasteiger partial charge in [0.15, 0.2) is 5.82 Å². The zero-order valence-electron chi connectivity index (χ0n) is 15.3. The fourth-order valence-corrected chi connectivity index (χ4v) is 2.75. The van der Waals surface area contributed by atoms with E-state index in [2.05, 4.69) is 37.1 Å². The molecule has 1 atom stereocenters. The van der Waals surface area contributed by atoms with Gasteiger partial charge in [-0.15, -0.1) is 0 Å². The lowest BCUT2D eigenvalue weighted by Crippen LogP contribution is -2.42. The Bertz CT molecular complexity index is 939. The fraction of sp³-hybridized carbons (Fsp3) is 0.316. The number of alkyl halides is 2. The summed E-state index contributed by atoms with van der Waals surface area (Å²) in [6, 6.07) is 5.55. The normalized spacial score (nSPS) is 13.5. The van der Waals surface area contributed by atoms with Gasteiger partial charge in [0.25, 0.3) is 6.43 Å². The molecular weight excluding hydrogens is 350 g/mol. The lowest BCUT2D eigenvalue weighted by molar-refractivity contribution is 0.148. The van der Waals surface area contributed by atoms with Gasteiger partial charge in [0, 0.05) is 35.2 Å². The largest absolute Gasteiger partial charge is 0.381 e. The summed E-state index contributed by atoms with van der Waals surface area (Å²) in [5.74, 6) is 1.13. The van der Waals surface area contributed by atoms with Crippen LogP contribution in [0.2, 0.25) is 0 Å². The minimum absolute atomic E-state index is 0.437. The zero-order valence-corrected chi connectivity index (χ0v) is 15.3. The van der Waals surface area contributed by atoms with E-state index < -0.39 is 18.5 Å². The highest BCUT2D eigenvalue weighted by atomic mass is 19.3. The van der Waals surface area contributed by atoms with E-state index >= 15 is 0 Å². The number of rotatable bonds is 8. The quantitative estimate of drug-likeness (QED) is 0.558. The van der Waals surface area contributed by atoms with Crippen molar-refractivity contribution in [1.82, 2.24) is 25.3 Å². The lowest BCUT2D eigenvalue weighted by Gasteiger charge is -2.33. The summed E-state index contributed by atoms with van der Waals surface area (Å²) in [7, 11) is 0. The standard InChI is InChI=1S/C19H22F2N6/c1-4-19(3,12(2)24-11-15(20)21)27-16-7-9-23-18(26-16)14-10-25-17-13(14)6-5-8-22-17/h5-10,15,24H,2,4,11H2,1,3H3,(H,22,25)(H,23,26,27)/t19-/m1/s1. The molecule has 0 fully saturated rings. The molecule has 0 bridgehead atoms. The Labute approximate surface area is 156 Å². The lowest BCUT2D eigenvalue weighted by atomic mass is 9.95. The first kappa shape index (κ1) is 18.8. The maximum atomic E-state index is 12.5. The van der Waals surface area contributed by atoms with Crippen molar-refractivity contribution in [2.24, 2.45) is 0 Å². The average Bonchev–Trinajstić information content (AvgIpc) is 3.10. The third kappa shape index (κ3) is 4.05. The van der Waals surface area contributed by atoms with E-state index in [1.54, 1.807) is 18.5 Å². The van der Waals surface area contributed by atoms with Crippen LogP contribution in [-0.2, 0) is 0 Å². The number of H-pyrrole nitrogens is 1. The molecule has 0 radical (unpaired) electrons. The SMILES string of the molecule is C=C(NCC(F)F)[C@@](C)(CC)Nc1ccnc(-c2c[nH]c3ncccc23)n1. The van der Waals surface area contributed by atoms with Crippen molar-refractivity contribution in [3.05, 3.63) is 49.1 Å². The Morgan fingerprint density at radius 3 is 2.85 bits per heavy atom. The molecule has 0 aliphatic heterocycles. The topological polar surface area (TPSA) is 78.5 Å². The molecule has 6 nitrogen and oxygen atoms in total. The molecule has 0 unspecified atom stereocenters. The molecule has 0 aromatic carbocycles. The van der Waals surface area contributed by atoms with E-state index in [0.717, 1.165) is 16.6 Å². The van der Waals surface area contributed by atoms with Crippen molar-refractivity contribution < 1.29 is 8.78 Å². The molecule has 3 N–H and O–H groups in total. The molecular formula is C19H22F2N6. The Kier molecular flexibility index (Phi) is 5.34. The van der Waals surface area contributed by atoms with Crippen LogP contribution in [0.1, 0.15) is 20.3 Å². The number of aromatic nitrogens is 4. The zero-order chi connectivity index (χ0) is 19.4. The first-order valence-electron chi connectivity index (χ1n) is 8.68. The molecule has 0 spiro atoms. The molecule has 0 aliphatic carbocycles. The van der Waals surface area contributed by atoms with Gasteiger partial charge in [0.05, 0.1) is 12.1 Å². The number of nitrogens with one attached hydrogen (secondary N) is 3. The highest BCUT2D eigenvalue weighted by molar-refractivity contribution is 5.91. The first-order valence-corrected chi connectivity index (χ1v) is 8.68. The summed E-state index contributed by atoms with van der Waals surface area (Å²) in [6.45, 7) is 7.33. The molecule has 3 heterocycles. The minimum Gasteiger partial charge on any atom is -0.381 e. The molecule has 0 saturated carbocycles. The monoisotopic (exact) mass is 372 g/mol. The minimum atomic E-state index is -2.44. The predicted octanol–water partition coefficient (Wildman–Crippen LogP) is 3.97. The third-order valence-electron chi connectivity index (χ3n) is 4.59. The molecule has 8 heteroatoms. The van der Waals surface area contributed by atoms with Crippen molar-refractivity contribution in [1.29, 1.82) is 0 Å². The van der Waals surface area contributed by atoms with Gasteiger partial charge in [-0.25, -0.2) is 23.7 Å². The summed E-state index contributed by atoms with van der Waals surface area (Å²) < 4.78 is 25.0. The second-order valence-corrected chi connectivity index (χ2v) is 6.43. The van der Waals surface area contributed by atoms with Crippen LogP contribution >= 0.6 is 0 Å². The van der Waals surface area contributed by atoms with Crippen LogP contribution in [0.5, 0.6) is 0 Å². The van der Waals surface area contributed by atoms with E-state index in [9.17, 15) is 8.78 Å². The molecule has 142 valence electrons. The van der Waals surface area contributed by atoms with Gasteiger partial charge in [-0.05, 0) is 31.5 Å². The summed E-state index contributed by atoms with van der Waals surface area (Å²) in [5.41, 5.74) is 1.45. The third-order valence-corrected chi connectivity index (χ3v) is 4.59. The van der Waals surface area contributed by atoms with Gasteiger partial charge in [0.2, 0.25) is 0 Å². The number of pyridine rings is 1. The summed E-state index contributed by atoms with van der Waals surface area (Å²) >= 11 is 0. The van der Waals surface area contributed by atoms with Crippen molar-refractivity contribution in [3.63, 3.8) is 0 Å². The number of hydrogen-bond donors (Lipinski definition) is 3. The molecule has 0 saturated heterocycles. The van der Waals surface area contributed by atoms with E-state index in [1.165, 1.54) is 0 Å². The van der Waals surface area contributed by atoms with Crippen LogP contribution in [0.3, 0.4) is 0 Å². The van der Waals surface area contributed by atoms with Crippen LogP contribution in [0, 0.1) is 0 Å². The van der Waals surface area contributed by atoms with Gasteiger partial charge in [-0.1, -0.05) is 13.5 Å². The van der Waals surface area contributed by atoms with Gasteiger partial charge >= 0.3 is 0 Å². The van der Waals surface area contributed by atoms with Crippen molar-refractivity contribution >= 4 is 16.9 Å². The van der Waals surface area contributed by atoms with Crippen molar-refractivity contribution in [3.8, 4) is 11.4 Å². The maximum absolute atomic E-state index is 12.5. The summed E-state index contributed by atoms with van der Waals surface area (Å²) in [4.78, 5) is 16.3. The maximum Gasteiger partial charge on any atom is 0.255 e. The molecule has 27 heavy (non-hydrogen) atoms. The van der Waals surface area contributed by atoms with Crippen molar-refractivity contribution in [2.45, 2.75) is 32.2 Å². The Morgan fingerprint density at radius 2 is 2.11 bits per heavy atom. The van der Waals surface area contributed by atoms with Gasteiger partial charge in [-0.3, -0.25) is 0 Å². The molecule has 3 aromatic rings. The molecule has 0 amide bonds. The number of aromatic amines is 1. The Hall–Kier alpha value is -3.03. The number of hydrogen-bond acceptors (Lipinski definition) is 5. The van der Waals surface area contributed by atoms with Crippen LogP contribution in [0.15, 0.2) is 49.1 Å². The number of anilines is 1. The second kappa shape index (κ2) is 7.69. The van der Waals surface area contributed by atoms with E-state index in [-0.39, 0.29) is 0 Å². The fourth-order valence-electron chi connectivity index (χ4n) is 2.75. The molecule has 3 rings (SSSR count). The van der Waals surface area contributed by atoms with E-state index in [0.29, 0.717) is 23.8 Å². The van der Waals surface area contributed by atoms with Gasteiger partial charge < -0.3 is 15.6 Å². The highest BCUT2D eigenvalue weighted by Crippen LogP contribution is 2.27. The van der Waals surface area contributed by atoms with Gasteiger partial charge in [0.1, 0.15) is 11.5 Å². The number of fused-ring (bicyclic) bond motifs is 1. The van der Waals surface area contributed by atoms with Crippen LogP contribution in [-0.4, -0.2) is 38.4 Å². The van der Waals surface area contributed by atoms with Gasteiger partial charge in [-0.2, -0.15) is 0 Å². The molecule has 3 aromatic heterocycles. The average molecular weight is 372 g/mol. The highest BCUT2D eigenvalue weighted by Gasteiger charge is 2.27. The van der Waals surface area contributed by atoms with E-state index in [1.807, 2.05) is 32.2 Å². The predicted molar refractivity (Wildman–Crippen MR) is 103 cm³/mol. The van der Waals surface area contributed by atoms with Crippen LogP contribution in [0.4, 0.5) is 14.6 Å². The first-order chi connectivity index (χ1) is 12.9. The van der Waals surface area contributed by atoms with Crippen molar-refractivity contribution in [2.75, 3.05) is 11.9 Å². The number of halogens is 2.